The van der Waals surface area contributed by atoms with Gasteiger partial charge < -0.3 is 4.90 Å². The third-order valence-electron chi connectivity index (χ3n) is 5.46. The Bertz CT molecular complexity index is 861. The van der Waals surface area contributed by atoms with Gasteiger partial charge in [-0.05, 0) is 43.9 Å². The summed E-state index contributed by atoms with van der Waals surface area (Å²) in [6, 6.07) is 8.73. The maximum Gasteiger partial charge on any atom is 0.234 e. The van der Waals surface area contributed by atoms with Crippen LogP contribution in [0.5, 0.6) is 0 Å². The van der Waals surface area contributed by atoms with Gasteiger partial charge in [0.1, 0.15) is 5.54 Å². The van der Waals surface area contributed by atoms with Crippen LogP contribution in [0, 0.1) is 25.2 Å². The summed E-state index contributed by atoms with van der Waals surface area (Å²) in [5.41, 5.74) is 2.79. The largest absolute Gasteiger partial charge is 0.326 e. The van der Waals surface area contributed by atoms with E-state index in [0.717, 1.165) is 48.5 Å². The third-order valence-corrected chi connectivity index (χ3v) is 6.41. The number of hydrogen-bond donors (Lipinski definition) is 0. The van der Waals surface area contributed by atoms with Crippen LogP contribution >= 0.6 is 11.8 Å². The van der Waals surface area contributed by atoms with E-state index in [0.29, 0.717) is 0 Å². The Morgan fingerprint density at radius 3 is 2.78 bits per heavy atom. The van der Waals surface area contributed by atoms with Crippen LogP contribution in [0.25, 0.3) is 5.69 Å². The zero-order chi connectivity index (χ0) is 19.4. The van der Waals surface area contributed by atoms with Crippen LogP contribution in [-0.2, 0) is 4.79 Å². The van der Waals surface area contributed by atoms with Crippen molar-refractivity contribution in [3.05, 3.63) is 41.7 Å². The smallest absolute Gasteiger partial charge is 0.234 e. The van der Waals surface area contributed by atoms with Crippen molar-refractivity contribution < 1.29 is 4.79 Å². The van der Waals surface area contributed by atoms with Crippen molar-refractivity contribution >= 4 is 17.7 Å². The van der Waals surface area contributed by atoms with Gasteiger partial charge in [0.05, 0.1) is 17.5 Å². The van der Waals surface area contributed by atoms with Crippen molar-refractivity contribution in [1.82, 2.24) is 14.5 Å². The van der Waals surface area contributed by atoms with Gasteiger partial charge >= 0.3 is 0 Å². The molecule has 1 heterocycles. The first-order valence-corrected chi connectivity index (χ1v) is 10.4. The lowest BCUT2D eigenvalue weighted by molar-refractivity contribution is -0.131. The van der Waals surface area contributed by atoms with Gasteiger partial charge in [-0.15, -0.1) is 0 Å². The molecule has 27 heavy (non-hydrogen) atoms. The van der Waals surface area contributed by atoms with Gasteiger partial charge in [-0.3, -0.25) is 9.36 Å². The van der Waals surface area contributed by atoms with Crippen LogP contribution in [0.15, 0.2) is 35.7 Å². The van der Waals surface area contributed by atoms with Gasteiger partial charge in [-0.1, -0.05) is 43.2 Å². The molecule has 142 valence electrons. The molecule has 0 saturated heterocycles. The van der Waals surface area contributed by atoms with E-state index in [4.69, 9.17) is 0 Å². The molecule has 1 saturated carbocycles. The number of hydrogen-bond acceptors (Lipinski definition) is 4. The predicted molar refractivity (Wildman–Crippen MR) is 108 cm³/mol. The second kappa shape index (κ2) is 8.18. The number of aryl methyl sites for hydroxylation is 2. The average molecular weight is 383 g/mol. The van der Waals surface area contributed by atoms with Gasteiger partial charge in [0.15, 0.2) is 5.16 Å². The van der Waals surface area contributed by atoms with E-state index in [9.17, 15) is 10.1 Å². The molecule has 0 radical (unpaired) electrons. The lowest BCUT2D eigenvalue weighted by Gasteiger charge is -2.39. The fourth-order valence-corrected chi connectivity index (χ4v) is 4.56. The Morgan fingerprint density at radius 1 is 1.33 bits per heavy atom. The van der Waals surface area contributed by atoms with Crippen LogP contribution < -0.4 is 0 Å². The monoisotopic (exact) mass is 382 g/mol. The van der Waals surface area contributed by atoms with Crippen LogP contribution in [0.4, 0.5) is 0 Å². The van der Waals surface area contributed by atoms with Crippen LogP contribution in [0.3, 0.4) is 0 Å². The Morgan fingerprint density at radius 2 is 2.07 bits per heavy atom. The summed E-state index contributed by atoms with van der Waals surface area (Å²) < 4.78 is 2.03. The van der Waals surface area contributed by atoms with Crippen molar-refractivity contribution in [3.63, 3.8) is 0 Å². The molecule has 1 aromatic carbocycles. The summed E-state index contributed by atoms with van der Waals surface area (Å²) in [6.45, 7) is 4.14. The highest BCUT2D eigenvalue weighted by atomic mass is 32.2. The van der Waals surface area contributed by atoms with Crippen molar-refractivity contribution in [2.24, 2.45) is 0 Å². The number of nitrogens with zero attached hydrogens (tertiary/aromatic N) is 4. The molecule has 1 fully saturated rings. The average Bonchev–Trinajstić information content (AvgIpc) is 3.16. The molecule has 0 bridgehead atoms. The van der Waals surface area contributed by atoms with Gasteiger partial charge in [-0.2, -0.15) is 5.26 Å². The van der Waals surface area contributed by atoms with Crippen molar-refractivity contribution in [1.29, 1.82) is 5.26 Å². The van der Waals surface area contributed by atoms with Crippen molar-refractivity contribution in [3.8, 4) is 11.8 Å². The van der Waals surface area contributed by atoms with Gasteiger partial charge in [0.2, 0.25) is 5.91 Å². The number of aromatic nitrogens is 2. The molecule has 1 aliphatic rings. The molecule has 6 heteroatoms. The lowest BCUT2D eigenvalue weighted by Crippen LogP contribution is -2.50. The first-order chi connectivity index (χ1) is 13.0. The first-order valence-electron chi connectivity index (χ1n) is 9.38. The fraction of sp³-hybridized carbons (Fsp3) is 0.476. The number of rotatable bonds is 5. The predicted octanol–water partition coefficient (Wildman–Crippen LogP) is 4.27. The molecule has 2 aromatic rings. The minimum atomic E-state index is -0.640. The molecule has 1 amide bonds. The maximum atomic E-state index is 12.8. The van der Waals surface area contributed by atoms with E-state index in [1.165, 1.54) is 17.3 Å². The number of thioether (sulfide) groups is 1. The fourth-order valence-electron chi connectivity index (χ4n) is 3.68. The Balaban J connectivity index is 1.73. The lowest BCUT2D eigenvalue weighted by atomic mass is 9.81. The van der Waals surface area contributed by atoms with E-state index in [1.54, 1.807) is 18.1 Å². The topological polar surface area (TPSA) is 61.9 Å². The molecule has 1 aromatic heterocycles. The summed E-state index contributed by atoms with van der Waals surface area (Å²) in [4.78, 5) is 18.9. The van der Waals surface area contributed by atoms with Crippen molar-refractivity contribution in [2.45, 2.75) is 56.6 Å². The van der Waals surface area contributed by atoms with E-state index >= 15 is 0 Å². The van der Waals surface area contributed by atoms with E-state index in [-0.39, 0.29) is 11.7 Å². The molecule has 0 spiro atoms. The van der Waals surface area contributed by atoms with Gasteiger partial charge in [0, 0.05) is 19.4 Å². The summed E-state index contributed by atoms with van der Waals surface area (Å²) in [5.74, 6) is 0.265. The number of benzene rings is 1. The number of amides is 1. The number of nitriles is 1. The SMILES string of the molecule is Cc1ccc(C)c(-n2ccnc2SCC(=O)N(C)C2(C#N)CCCCC2)c1. The number of carbonyl (C=O) groups is 1. The molecular weight excluding hydrogens is 356 g/mol. The summed E-state index contributed by atoms with van der Waals surface area (Å²) >= 11 is 1.42. The normalized spacial score (nSPS) is 15.9. The van der Waals surface area contributed by atoms with Crippen LogP contribution in [-0.4, -0.2) is 38.7 Å². The molecular formula is C21H26N4OS. The first kappa shape index (κ1) is 19.5. The Hall–Kier alpha value is -2.26. The minimum absolute atomic E-state index is 0.0148. The number of carbonyl (C=O) groups excluding carboxylic acids is 1. The van der Waals surface area contributed by atoms with Crippen LogP contribution in [0.1, 0.15) is 43.2 Å². The zero-order valence-electron chi connectivity index (χ0n) is 16.2. The molecule has 0 atom stereocenters. The summed E-state index contributed by atoms with van der Waals surface area (Å²) in [5, 5.41) is 10.5. The van der Waals surface area contributed by atoms with E-state index in [1.807, 2.05) is 10.8 Å². The minimum Gasteiger partial charge on any atom is -0.326 e. The highest BCUT2D eigenvalue weighted by Crippen LogP contribution is 2.33. The highest BCUT2D eigenvalue weighted by Gasteiger charge is 2.38. The maximum absolute atomic E-state index is 12.8. The second-order valence-corrected chi connectivity index (χ2v) is 8.26. The van der Waals surface area contributed by atoms with Crippen LogP contribution in [0.2, 0.25) is 0 Å². The van der Waals surface area contributed by atoms with Gasteiger partial charge in [-0.25, -0.2) is 4.98 Å². The molecule has 3 rings (SSSR count). The van der Waals surface area contributed by atoms with Gasteiger partial charge in [0.25, 0.3) is 0 Å². The van der Waals surface area contributed by atoms with E-state index in [2.05, 4.69) is 43.1 Å². The molecule has 0 unspecified atom stereocenters. The second-order valence-electron chi connectivity index (χ2n) is 7.32. The molecule has 0 N–H and O–H groups in total. The quantitative estimate of drug-likeness (QED) is 0.725. The number of imidazole rings is 1. The third kappa shape index (κ3) is 4.03. The summed E-state index contributed by atoms with van der Waals surface area (Å²) in [6.07, 6.45) is 8.39. The van der Waals surface area contributed by atoms with Crippen molar-refractivity contribution in [2.75, 3.05) is 12.8 Å². The summed E-state index contributed by atoms with van der Waals surface area (Å²) in [7, 11) is 1.77. The highest BCUT2D eigenvalue weighted by molar-refractivity contribution is 7.99. The molecule has 1 aliphatic carbocycles. The van der Waals surface area contributed by atoms with E-state index < -0.39 is 5.54 Å². The standard InChI is InChI=1S/C21H26N4OS/c1-16-7-8-17(2)18(13-16)25-12-11-23-20(25)27-14-19(26)24(3)21(15-22)9-5-4-6-10-21/h7-8,11-13H,4-6,9-10,14H2,1-3H3. The Labute approximate surface area is 165 Å². The zero-order valence-corrected chi connectivity index (χ0v) is 17.1. The molecule has 0 aliphatic heterocycles. The Kier molecular flexibility index (Phi) is 5.91. The molecule has 5 nitrogen and oxygen atoms in total.